The molecule has 0 aliphatic rings. The lowest BCUT2D eigenvalue weighted by atomic mass is 10.1. The van der Waals surface area contributed by atoms with Gasteiger partial charge in [-0.2, -0.15) is 31.4 Å². The van der Waals surface area contributed by atoms with E-state index in [2.05, 4.69) is 5.10 Å². The minimum atomic E-state index is -4.38. The Morgan fingerprint density at radius 2 is 1.34 bits per heavy atom. The van der Waals surface area contributed by atoms with Gasteiger partial charge in [-0.15, -0.1) is 0 Å². The zero-order valence-corrected chi connectivity index (χ0v) is 19.0. The standard InChI is InChI=1S/C15H15F3N2O2.C9H7F3O/c1-3-20-13(14(21)22-4-2)9-12(19-20)10-5-7-11(8-6-10)15(16,17)18;1-6(13)7-2-4-8(5-3-7)9(10,11)12/h5-9H,3-4H2,1-2H3;2-5H,1H3. The number of alkyl halides is 6. The number of carbonyl (C=O) groups excluding carboxylic acids is 2. The maximum absolute atomic E-state index is 12.6. The zero-order valence-electron chi connectivity index (χ0n) is 19.0. The highest BCUT2D eigenvalue weighted by molar-refractivity contribution is 5.94. The molecule has 0 amide bonds. The Bertz CT molecular complexity index is 1150. The van der Waals surface area contributed by atoms with Crippen molar-refractivity contribution in [3.63, 3.8) is 0 Å². The van der Waals surface area contributed by atoms with Crippen LogP contribution in [0.1, 0.15) is 52.7 Å². The van der Waals surface area contributed by atoms with Crippen LogP contribution in [-0.4, -0.2) is 28.1 Å². The van der Waals surface area contributed by atoms with Crippen LogP contribution in [0.2, 0.25) is 0 Å². The minimum Gasteiger partial charge on any atom is -0.461 e. The number of ether oxygens (including phenoxy) is 1. The smallest absolute Gasteiger partial charge is 0.416 e. The van der Waals surface area contributed by atoms with E-state index in [-0.39, 0.29) is 23.6 Å². The molecule has 0 saturated heterocycles. The number of carbonyl (C=O) groups is 2. The number of aryl methyl sites for hydroxylation is 1. The normalized spacial score (nSPS) is 11.5. The van der Waals surface area contributed by atoms with Crippen LogP contribution in [0, 0.1) is 0 Å². The van der Waals surface area contributed by atoms with E-state index in [0.29, 0.717) is 17.8 Å². The summed E-state index contributed by atoms with van der Waals surface area (Å²) >= 11 is 0. The molecule has 188 valence electrons. The van der Waals surface area contributed by atoms with Gasteiger partial charge in [0, 0.05) is 17.7 Å². The minimum absolute atomic E-state index is 0.239. The van der Waals surface area contributed by atoms with E-state index in [1.165, 1.54) is 41.9 Å². The molecule has 1 aromatic heterocycles. The summed E-state index contributed by atoms with van der Waals surface area (Å²) in [6, 6.07) is 10.3. The Labute approximate surface area is 197 Å². The maximum atomic E-state index is 12.6. The van der Waals surface area contributed by atoms with Gasteiger partial charge in [-0.25, -0.2) is 4.79 Å². The molecule has 3 rings (SSSR count). The molecule has 0 fully saturated rings. The number of aromatic nitrogens is 2. The van der Waals surface area contributed by atoms with Crippen LogP contribution in [0.3, 0.4) is 0 Å². The molecule has 3 aromatic rings. The van der Waals surface area contributed by atoms with E-state index in [1.807, 2.05) is 6.92 Å². The van der Waals surface area contributed by atoms with Crippen LogP contribution in [0.4, 0.5) is 26.3 Å². The maximum Gasteiger partial charge on any atom is 0.416 e. The van der Waals surface area contributed by atoms with Crippen LogP contribution in [-0.2, 0) is 23.6 Å². The summed E-state index contributed by atoms with van der Waals surface area (Å²) in [4.78, 5) is 22.5. The molecule has 0 bridgehead atoms. The fraction of sp³-hybridized carbons (Fsp3) is 0.292. The summed E-state index contributed by atoms with van der Waals surface area (Å²) < 4.78 is 80.2. The SMILES string of the molecule is CC(=O)c1ccc(C(F)(F)F)cc1.CCOC(=O)c1cc(-c2ccc(C(F)(F)F)cc2)nn1CC. The van der Waals surface area contributed by atoms with Crippen LogP contribution < -0.4 is 0 Å². The van der Waals surface area contributed by atoms with Crippen LogP contribution in [0.15, 0.2) is 54.6 Å². The van der Waals surface area contributed by atoms with Crippen molar-refractivity contribution in [2.24, 2.45) is 0 Å². The fourth-order valence-electron chi connectivity index (χ4n) is 2.89. The summed E-state index contributed by atoms with van der Waals surface area (Å²) in [7, 11) is 0. The number of hydrogen-bond acceptors (Lipinski definition) is 4. The van der Waals surface area contributed by atoms with Gasteiger partial charge in [-0.05, 0) is 51.1 Å². The van der Waals surface area contributed by atoms with Crippen molar-refractivity contribution in [1.82, 2.24) is 9.78 Å². The number of Topliss-reactive ketones (excluding diaryl/α,β-unsaturated/α-hetero) is 1. The third-order valence-electron chi connectivity index (χ3n) is 4.69. The Kier molecular flexibility index (Phi) is 8.83. The number of halogens is 6. The molecule has 5 nitrogen and oxygen atoms in total. The zero-order chi connectivity index (χ0) is 26.4. The number of esters is 1. The van der Waals surface area contributed by atoms with E-state index in [0.717, 1.165) is 24.3 Å². The highest BCUT2D eigenvalue weighted by Gasteiger charge is 2.31. The van der Waals surface area contributed by atoms with Crippen LogP contribution >= 0.6 is 0 Å². The predicted molar refractivity (Wildman–Crippen MR) is 116 cm³/mol. The summed E-state index contributed by atoms with van der Waals surface area (Å²) in [5.41, 5.74) is 0.0333. The van der Waals surface area contributed by atoms with E-state index >= 15 is 0 Å². The first kappa shape index (κ1) is 27.6. The molecular formula is C24H22F6N2O3. The van der Waals surface area contributed by atoms with Crippen molar-refractivity contribution < 1.29 is 40.7 Å². The number of benzene rings is 2. The van der Waals surface area contributed by atoms with Crippen molar-refractivity contribution in [2.45, 2.75) is 39.7 Å². The van der Waals surface area contributed by atoms with E-state index in [9.17, 15) is 35.9 Å². The molecule has 11 heteroatoms. The van der Waals surface area contributed by atoms with Gasteiger partial charge < -0.3 is 4.74 Å². The lowest BCUT2D eigenvalue weighted by molar-refractivity contribution is -0.138. The highest BCUT2D eigenvalue weighted by atomic mass is 19.4. The monoisotopic (exact) mass is 500 g/mol. The fourth-order valence-corrected chi connectivity index (χ4v) is 2.89. The van der Waals surface area contributed by atoms with E-state index < -0.39 is 29.4 Å². The van der Waals surface area contributed by atoms with Gasteiger partial charge in [0.05, 0.1) is 23.4 Å². The van der Waals surface area contributed by atoms with Gasteiger partial charge in [0.15, 0.2) is 5.78 Å². The van der Waals surface area contributed by atoms with Gasteiger partial charge in [0.25, 0.3) is 0 Å². The number of hydrogen-bond donors (Lipinski definition) is 0. The first-order valence-electron chi connectivity index (χ1n) is 10.4. The summed E-state index contributed by atoms with van der Waals surface area (Å²) in [5.74, 6) is -0.747. The van der Waals surface area contributed by atoms with Gasteiger partial charge in [0.2, 0.25) is 0 Å². The van der Waals surface area contributed by atoms with Crippen LogP contribution in [0.25, 0.3) is 11.3 Å². The second-order valence-corrected chi connectivity index (χ2v) is 7.16. The quantitative estimate of drug-likeness (QED) is 0.223. The first-order valence-corrected chi connectivity index (χ1v) is 10.4. The molecule has 0 N–H and O–H groups in total. The molecule has 1 heterocycles. The van der Waals surface area contributed by atoms with Crippen LogP contribution in [0.5, 0.6) is 0 Å². The van der Waals surface area contributed by atoms with Crippen molar-refractivity contribution in [2.75, 3.05) is 6.61 Å². The Balaban J connectivity index is 0.000000283. The number of ketones is 1. The lowest BCUT2D eigenvalue weighted by Gasteiger charge is -2.06. The highest BCUT2D eigenvalue weighted by Crippen LogP contribution is 2.31. The van der Waals surface area contributed by atoms with Crippen molar-refractivity contribution in [1.29, 1.82) is 0 Å². The molecule has 0 unspecified atom stereocenters. The van der Waals surface area contributed by atoms with Crippen molar-refractivity contribution >= 4 is 11.8 Å². The summed E-state index contributed by atoms with van der Waals surface area (Å²) in [5, 5.41) is 4.23. The average Bonchev–Trinajstić information content (AvgIpc) is 3.23. The molecule has 0 radical (unpaired) electrons. The molecule has 0 saturated carbocycles. The number of nitrogens with zero attached hydrogens (tertiary/aromatic N) is 2. The molecule has 0 atom stereocenters. The Morgan fingerprint density at radius 1 is 0.857 bits per heavy atom. The third-order valence-corrected chi connectivity index (χ3v) is 4.69. The molecule has 0 spiro atoms. The number of rotatable bonds is 5. The van der Waals surface area contributed by atoms with Crippen molar-refractivity contribution in [3.8, 4) is 11.3 Å². The van der Waals surface area contributed by atoms with Crippen molar-refractivity contribution in [3.05, 3.63) is 77.0 Å². The molecular weight excluding hydrogens is 478 g/mol. The molecule has 2 aromatic carbocycles. The molecule has 35 heavy (non-hydrogen) atoms. The first-order chi connectivity index (χ1) is 16.3. The second-order valence-electron chi connectivity index (χ2n) is 7.16. The molecule has 0 aliphatic carbocycles. The van der Waals surface area contributed by atoms with Gasteiger partial charge in [0.1, 0.15) is 5.69 Å². The van der Waals surface area contributed by atoms with E-state index in [1.54, 1.807) is 6.92 Å². The largest absolute Gasteiger partial charge is 0.461 e. The van der Waals surface area contributed by atoms with E-state index in [4.69, 9.17) is 4.74 Å². The Morgan fingerprint density at radius 3 is 1.74 bits per heavy atom. The summed E-state index contributed by atoms with van der Waals surface area (Å²) in [6.07, 6.45) is -8.72. The summed E-state index contributed by atoms with van der Waals surface area (Å²) in [6.45, 7) is 5.51. The third kappa shape index (κ3) is 7.43. The van der Waals surface area contributed by atoms with Gasteiger partial charge >= 0.3 is 18.3 Å². The van der Waals surface area contributed by atoms with Gasteiger partial charge in [-0.1, -0.05) is 24.3 Å². The second kappa shape index (κ2) is 11.2. The lowest BCUT2D eigenvalue weighted by Crippen LogP contribution is -2.12. The Hall–Kier alpha value is -3.63. The predicted octanol–water partition coefficient (Wildman–Crippen LogP) is 6.67. The van der Waals surface area contributed by atoms with Gasteiger partial charge in [-0.3, -0.25) is 9.48 Å². The average molecular weight is 500 g/mol. The topological polar surface area (TPSA) is 61.2 Å². The molecule has 0 aliphatic heterocycles.